The Morgan fingerprint density at radius 1 is 0.689 bits per heavy atom. The predicted molar refractivity (Wildman–Crippen MR) is 185 cm³/mol. The fraction of sp³-hybridized carbons (Fsp3) is 0.297. The number of hydrogen-bond donors (Lipinski definition) is 0. The zero-order valence-electron chi connectivity index (χ0n) is 26.0. The first-order chi connectivity index (χ1) is 20.4. The summed E-state index contributed by atoms with van der Waals surface area (Å²) >= 11 is 7.83. The summed E-state index contributed by atoms with van der Waals surface area (Å²) in [5.41, 5.74) is 10.6. The minimum absolute atomic E-state index is 0. The van der Waals surface area contributed by atoms with Crippen LogP contribution in [0.15, 0.2) is 93.9 Å². The zero-order chi connectivity index (χ0) is 30.5. The molecule has 2 unspecified atom stereocenters. The van der Waals surface area contributed by atoms with Crippen LogP contribution < -0.4 is 0 Å². The van der Waals surface area contributed by atoms with Gasteiger partial charge in [-0.15, -0.1) is 13.2 Å². The van der Waals surface area contributed by atoms with Crippen LogP contribution in [0.25, 0.3) is 16.7 Å². The van der Waals surface area contributed by atoms with Gasteiger partial charge in [0, 0.05) is 52.0 Å². The summed E-state index contributed by atoms with van der Waals surface area (Å²) in [5.74, 6) is 1.27. The van der Waals surface area contributed by atoms with E-state index in [1.54, 1.807) is 0 Å². The summed E-state index contributed by atoms with van der Waals surface area (Å²) in [6.07, 6.45) is 2.82. The molecule has 0 bridgehead atoms. The number of aryl methyl sites for hydroxylation is 3. The Balaban J connectivity index is 0.00000230. The first-order valence-corrected chi connectivity index (χ1v) is 16.4. The molecular formula is C37H36Br2N2O2Pd2-2. The minimum Gasteiger partial charge on any atom is -0.647 e. The summed E-state index contributed by atoms with van der Waals surface area (Å²) in [4.78, 5) is 10.3. The summed E-state index contributed by atoms with van der Waals surface area (Å²) in [6, 6.07) is 23.7. The molecule has 0 saturated heterocycles. The van der Waals surface area contributed by atoms with Gasteiger partial charge in [-0.05, 0) is 84.8 Å². The fourth-order valence-corrected chi connectivity index (χ4v) is 7.24. The molecule has 6 rings (SSSR count). The van der Waals surface area contributed by atoms with Crippen molar-refractivity contribution in [3.8, 4) is 11.1 Å². The Labute approximate surface area is 311 Å². The molecule has 0 saturated carbocycles. The largest absolute Gasteiger partial charge is 0.647 e. The van der Waals surface area contributed by atoms with Crippen LogP contribution in [0.3, 0.4) is 0 Å². The van der Waals surface area contributed by atoms with Crippen molar-refractivity contribution < 1.29 is 50.3 Å². The van der Waals surface area contributed by atoms with Crippen LogP contribution in [0.2, 0.25) is 0 Å². The third-order valence-electron chi connectivity index (χ3n) is 8.43. The van der Waals surface area contributed by atoms with Gasteiger partial charge in [0.2, 0.25) is 0 Å². The maximum atomic E-state index is 6.20. The molecule has 0 amide bonds. The van der Waals surface area contributed by atoms with Gasteiger partial charge in [0.1, 0.15) is 0 Å². The van der Waals surface area contributed by atoms with Crippen molar-refractivity contribution in [1.82, 2.24) is 0 Å². The summed E-state index contributed by atoms with van der Waals surface area (Å²) in [7, 11) is 0. The van der Waals surface area contributed by atoms with Crippen LogP contribution >= 0.6 is 31.9 Å². The average molecular weight is 913 g/mol. The number of alkyl halides is 2. The van der Waals surface area contributed by atoms with Gasteiger partial charge in [-0.2, -0.15) is 0 Å². The first kappa shape index (κ1) is 36.2. The number of halogens is 2. The molecule has 0 spiro atoms. The molecule has 242 valence electrons. The molecule has 0 aromatic heterocycles. The smallest absolute Gasteiger partial charge is 0.181 e. The van der Waals surface area contributed by atoms with Gasteiger partial charge in [0.15, 0.2) is 11.8 Å². The van der Waals surface area contributed by atoms with Crippen molar-refractivity contribution in [3.05, 3.63) is 125 Å². The van der Waals surface area contributed by atoms with E-state index >= 15 is 0 Å². The van der Waals surface area contributed by atoms with E-state index in [2.05, 4.69) is 146 Å². The molecule has 2 heterocycles. The first-order valence-electron chi connectivity index (χ1n) is 14.6. The topological polar surface area (TPSA) is 43.2 Å². The predicted octanol–water partition coefficient (Wildman–Crippen LogP) is 9.65. The molecule has 8 heteroatoms. The van der Waals surface area contributed by atoms with Crippen molar-refractivity contribution in [1.29, 1.82) is 0 Å². The van der Waals surface area contributed by atoms with Gasteiger partial charge in [-0.25, -0.2) is 0 Å². The molecule has 4 nitrogen and oxygen atoms in total. The average Bonchev–Trinajstić information content (AvgIpc) is 3.55. The Morgan fingerprint density at radius 2 is 1.20 bits per heavy atom. The van der Waals surface area contributed by atoms with Crippen LogP contribution in [-0.2, 0) is 50.3 Å². The Hall–Kier alpha value is -1.64. The van der Waals surface area contributed by atoms with Crippen LogP contribution in [0, 0.1) is 34.0 Å². The third-order valence-corrected chi connectivity index (χ3v) is 11.4. The normalized spacial score (nSPS) is 25.7. The van der Waals surface area contributed by atoms with E-state index in [4.69, 9.17) is 19.5 Å². The molecule has 0 fully saturated rings. The Bertz CT molecular complexity index is 1700. The van der Waals surface area contributed by atoms with Gasteiger partial charge < -0.3 is 9.47 Å². The van der Waals surface area contributed by atoms with Crippen LogP contribution in [0.4, 0.5) is 0 Å². The second kappa shape index (κ2) is 14.2. The maximum absolute atomic E-state index is 6.20. The SMILES string of the molecule is CC1=C(c2ccc(C)cc2)C=C(C2=N[C@](C)(C[C@]3(C)[CH-]OC(c4ccc(C)c(-c5ccc(C)cc5)c4)=N3)[CH-]O2)C(Br)C1Br.[Pd].[Pd]. The molecule has 1 aliphatic carbocycles. The molecule has 2 aliphatic heterocycles. The van der Waals surface area contributed by atoms with Crippen molar-refractivity contribution in [2.45, 2.75) is 68.7 Å². The van der Waals surface area contributed by atoms with Crippen molar-refractivity contribution in [2.24, 2.45) is 9.98 Å². The van der Waals surface area contributed by atoms with Crippen molar-refractivity contribution in [3.63, 3.8) is 0 Å². The van der Waals surface area contributed by atoms with E-state index in [9.17, 15) is 0 Å². The van der Waals surface area contributed by atoms with E-state index in [1.807, 2.05) is 13.2 Å². The van der Waals surface area contributed by atoms with E-state index in [-0.39, 0.29) is 50.5 Å². The number of ether oxygens (including phenoxy) is 2. The monoisotopic (exact) mass is 910 g/mol. The number of rotatable bonds is 6. The number of benzene rings is 3. The molecule has 3 aliphatic rings. The maximum Gasteiger partial charge on any atom is 0.181 e. The van der Waals surface area contributed by atoms with E-state index in [1.165, 1.54) is 44.5 Å². The number of nitrogens with zero attached hydrogens (tertiary/aromatic N) is 2. The van der Waals surface area contributed by atoms with E-state index in [0.29, 0.717) is 18.2 Å². The summed E-state index contributed by atoms with van der Waals surface area (Å²) in [6.45, 7) is 16.4. The van der Waals surface area contributed by atoms with Gasteiger partial charge >= 0.3 is 0 Å². The minimum atomic E-state index is -0.571. The Kier molecular flexibility index (Phi) is 11.5. The van der Waals surface area contributed by atoms with Gasteiger partial charge in [0.25, 0.3) is 0 Å². The number of allylic oxidation sites excluding steroid dienone is 3. The molecule has 0 radical (unpaired) electrons. The standard InChI is InChI=1S/C37H36Br2N2O2.2Pd/c1-22-7-12-26(13-8-22)29-17-28(16-11-24(29)3)34-40-36(5,20-42-34)19-37(6)21-43-35(41-37)31-18-30(25(4)32(38)33(31)39)27-14-9-23(2)10-15-27;;/h7-18,20-21,32-33H,19H2,1-6H3;;/q-2;;/t32?,33?,36-,37-;;/m1../s1. The van der Waals surface area contributed by atoms with Crippen LogP contribution in [0.1, 0.15) is 55.0 Å². The molecule has 3 aromatic carbocycles. The van der Waals surface area contributed by atoms with Crippen molar-refractivity contribution in [2.75, 3.05) is 0 Å². The van der Waals surface area contributed by atoms with Crippen molar-refractivity contribution >= 4 is 49.2 Å². The molecule has 0 N–H and O–H groups in total. The van der Waals surface area contributed by atoms with E-state index < -0.39 is 11.1 Å². The quantitative estimate of drug-likeness (QED) is 0.141. The third kappa shape index (κ3) is 7.59. The fourth-order valence-electron chi connectivity index (χ4n) is 5.98. The Morgan fingerprint density at radius 3 is 1.80 bits per heavy atom. The molecule has 4 atom stereocenters. The van der Waals surface area contributed by atoms with Crippen LogP contribution in [0.5, 0.6) is 0 Å². The number of aliphatic imine (C=N–C) groups is 2. The van der Waals surface area contributed by atoms with Gasteiger partial charge in [-0.1, -0.05) is 123 Å². The van der Waals surface area contributed by atoms with Gasteiger partial charge in [0.05, 0.1) is 9.65 Å². The number of hydrogen-bond acceptors (Lipinski definition) is 4. The molecular weight excluding hydrogens is 877 g/mol. The van der Waals surface area contributed by atoms with Gasteiger partial charge in [-0.3, -0.25) is 9.98 Å². The molecule has 45 heavy (non-hydrogen) atoms. The van der Waals surface area contributed by atoms with Crippen LogP contribution in [-0.4, -0.2) is 32.5 Å². The van der Waals surface area contributed by atoms with E-state index in [0.717, 1.165) is 11.1 Å². The molecule has 3 aromatic rings. The summed E-state index contributed by atoms with van der Waals surface area (Å²) in [5, 5.41) is 0. The summed E-state index contributed by atoms with van der Waals surface area (Å²) < 4.78 is 12.3. The second-order valence-electron chi connectivity index (χ2n) is 12.5. The second-order valence-corrected chi connectivity index (χ2v) is 14.4. The zero-order valence-corrected chi connectivity index (χ0v) is 32.3.